The van der Waals surface area contributed by atoms with Crippen LogP contribution in [0, 0.1) is 6.92 Å². The number of nitrogen functional groups attached to an aromatic ring is 1. The molecule has 4 nitrogen and oxygen atoms in total. The molecule has 2 N–H and O–H groups in total. The van der Waals surface area contributed by atoms with Gasteiger partial charge in [-0.1, -0.05) is 0 Å². The normalized spacial score (nSPS) is 8.75. The first-order valence-electron chi connectivity index (χ1n) is 3.05. The SMILES string of the molecule is Cc1ccc(C(=O)[O-])c(N)n1.[K+]. The third-order valence-corrected chi connectivity index (χ3v) is 1.28. The number of carboxylic acid groups (broad SMARTS) is 1. The van der Waals surface area contributed by atoms with Gasteiger partial charge in [0.25, 0.3) is 0 Å². The van der Waals surface area contributed by atoms with Crippen LogP contribution >= 0.6 is 0 Å². The Hall–Kier alpha value is 0.0564. The van der Waals surface area contributed by atoms with E-state index in [0.29, 0.717) is 5.69 Å². The smallest absolute Gasteiger partial charge is 0.545 e. The van der Waals surface area contributed by atoms with Gasteiger partial charge in [-0.05, 0) is 19.1 Å². The molecule has 0 unspecified atom stereocenters. The number of aromatic carboxylic acids is 1. The summed E-state index contributed by atoms with van der Waals surface area (Å²) in [6, 6.07) is 2.95. The van der Waals surface area contributed by atoms with E-state index < -0.39 is 5.97 Å². The van der Waals surface area contributed by atoms with E-state index >= 15 is 0 Å². The number of carboxylic acids is 1. The summed E-state index contributed by atoms with van der Waals surface area (Å²) in [6.07, 6.45) is 0. The fourth-order valence-corrected chi connectivity index (χ4v) is 0.749. The zero-order valence-corrected chi connectivity index (χ0v) is 10.1. The number of hydrogen-bond donors (Lipinski definition) is 1. The van der Waals surface area contributed by atoms with Crippen LogP contribution in [0.3, 0.4) is 0 Å². The molecular formula is C7H7KN2O2. The molecule has 0 aliphatic heterocycles. The Morgan fingerprint density at radius 2 is 2.17 bits per heavy atom. The second-order valence-corrected chi connectivity index (χ2v) is 2.17. The summed E-state index contributed by atoms with van der Waals surface area (Å²) in [4.78, 5) is 14.1. The minimum absolute atomic E-state index is 0. The quantitative estimate of drug-likeness (QED) is 0.463. The summed E-state index contributed by atoms with van der Waals surface area (Å²) in [7, 11) is 0. The van der Waals surface area contributed by atoms with Crippen molar-refractivity contribution in [1.29, 1.82) is 0 Å². The van der Waals surface area contributed by atoms with Gasteiger partial charge in [0.2, 0.25) is 0 Å². The van der Waals surface area contributed by atoms with Crippen LogP contribution in [0.5, 0.6) is 0 Å². The second kappa shape index (κ2) is 4.93. The molecule has 0 aromatic carbocycles. The van der Waals surface area contributed by atoms with Gasteiger partial charge < -0.3 is 15.6 Å². The molecule has 0 fully saturated rings. The summed E-state index contributed by atoms with van der Waals surface area (Å²) in [5.41, 5.74) is 5.92. The molecule has 0 amide bonds. The number of aromatic nitrogens is 1. The van der Waals surface area contributed by atoms with Gasteiger partial charge in [-0.15, -0.1) is 0 Å². The van der Waals surface area contributed by atoms with Gasteiger partial charge in [-0.2, -0.15) is 0 Å². The van der Waals surface area contributed by atoms with Gasteiger partial charge in [0, 0.05) is 11.3 Å². The molecule has 0 radical (unpaired) electrons. The van der Waals surface area contributed by atoms with E-state index in [1.165, 1.54) is 6.07 Å². The van der Waals surface area contributed by atoms with Gasteiger partial charge in [-0.3, -0.25) is 0 Å². The van der Waals surface area contributed by atoms with Gasteiger partial charge in [0.1, 0.15) is 5.82 Å². The Bertz CT molecular complexity index is 301. The predicted molar refractivity (Wildman–Crippen MR) is 37.7 cm³/mol. The number of nitrogens with two attached hydrogens (primary N) is 1. The molecule has 1 rings (SSSR count). The molecule has 1 heterocycles. The second-order valence-electron chi connectivity index (χ2n) is 2.17. The number of hydrogen-bond acceptors (Lipinski definition) is 4. The number of carbonyl (C=O) groups excluding carboxylic acids is 1. The molecule has 12 heavy (non-hydrogen) atoms. The minimum Gasteiger partial charge on any atom is -0.545 e. The topological polar surface area (TPSA) is 79.0 Å². The van der Waals surface area contributed by atoms with Gasteiger partial charge in [-0.25, -0.2) is 4.98 Å². The summed E-state index contributed by atoms with van der Waals surface area (Å²) in [5, 5.41) is 10.3. The average Bonchev–Trinajstić information content (AvgIpc) is 1.85. The van der Waals surface area contributed by atoms with Crippen molar-refractivity contribution in [2.24, 2.45) is 0 Å². The van der Waals surface area contributed by atoms with Gasteiger partial charge >= 0.3 is 51.4 Å². The molecule has 0 aliphatic rings. The predicted octanol–water partition coefficient (Wildman–Crippen LogP) is -3.66. The van der Waals surface area contributed by atoms with Crippen molar-refractivity contribution >= 4 is 11.8 Å². The fourth-order valence-electron chi connectivity index (χ4n) is 0.749. The molecule has 58 valence electrons. The maximum absolute atomic E-state index is 10.3. The number of nitrogens with zero attached hydrogens (tertiary/aromatic N) is 1. The van der Waals surface area contributed by atoms with Crippen LogP contribution in [0.4, 0.5) is 5.82 Å². The number of anilines is 1. The molecule has 0 aliphatic carbocycles. The molecule has 1 aromatic rings. The summed E-state index contributed by atoms with van der Waals surface area (Å²) in [5.74, 6) is -1.29. The Balaban J connectivity index is 0.00000121. The molecular weight excluding hydrogens is 183 g/mol. The van der Waals surface area contributed by atoms with E-state index in [9.17, 15) is 9.90 Å². The standard InChI is InChI=1S/C7H8N2O2.K/c1-4-2-3-5(7(10)11)6(8)9-4;/h2-3H,1H3,(H2,8,9)(H,10,11);/q;+1/p-1. The van der Waals surface area contributed by atoms with E-state index in [4.69, 9.17) is 5.73 Å². The maximum atomic E-state index is 10.3. The molecule has 0 bridgehead atoms. The Morgan fingerprint density at radius 3 is 2.58 bits per heavy atom. The van der Waals surface area contributed by atoms with Crippen LogP contribution in [0.2, 0.25) is 0 Å². The monoisotopic (exact) mass is 190 g/mol. The Morgan fingerprint density at radius 1 is 1.58 bits per heavy atom. The fraction of sp³-hybridized carbons (Fsp3) is 0.143. The largest absolute Gasteiger partial charge is 1.00 e. The third kappa shape index (κ3) is 2.84. The van der Waals surface area contributed by atoms with Gasteiger partial charge in [0.05, 0.1) is 5.97 Å². The van der Waals surface area contributed by atoms with E-state index in [2.05, 4.69) is 4.98 Å². The first-order valence-corrected chi connectivity index (χ1v) is 3.05. The molecule has 0 saturated heterocycles. The van der Waals surface area contributed by atoms with Crippen LogP contribution in [0.1, 0.15) is 16.1 Å². The van der Waals surface area contributed by atoms with E-state index in [0.717, 1.165) is 0 Å². The number of pyridine rings is 1. The van der Waals surface area contributed by atoms with Crippen molar-refractivity contribution in [3.8, 4) is 0 Å². The zero-order valence-electron chi connectivity index (χ0n) is 7.00. The van der Waals surface area contributed by atoms with Crippen LogP contribution in [-0.2, 0) is 0 Å². The summed E-state index contributed by atoms with van der Waals surface area (Å²) in [6.45, 7) is 1.73. The Kier molecular flexibility index (Phi) is 4.96. The zero-order chi connectivity index (χ0) is 8.43. The molecule has 0 saturated carbocycles. The van der Waals surface area contributed by atoms with Crippen LogP contribution in [0.15, 0.2) is 12.1 Å². The van der Waals surface area contributed by atoms with E-state index in [-0.39, 0.29) is 62.8 Å². The van der Waals surface area contributed by atoms with Crippen LogP contribution in [0.25, 0.3) is 0 Å². The van der Waals surface area contributed by atoms with E-state index in [1.54, 1.807) is 13.0 Å². The van der Waals surface area contributed by atoms with Crippen LogP contribution < -0.4 is 62.2 Å². The summed E-state index contributed by atoms with van der Waals surface area (Å²) < 4.78 is 0. The Labute approximate surface area is 113 Å². The first kappa shape index (κ1) is 12.1. The van der Waals surface area contributed by atoms with Crippen molar-refractivity contribution in [3.05, 3.63) is 23.4 Å². The third-order valence-electron chi connectivity index (χ3n) is 1.28. The van der Waals surface area contributed by atoms with Crippen molar-refractivity contribution in [2.45, 2.75) is 6.92 Å². The number of aryl methyl sites for hydroxylation is 1. The van der Waals surface area contributed by atoms with Crippen molar-refractivity contribution in [3.63, 3.8) is 0 Å². The summed E-state index contributed by atoms with van der Waals surface area (Å²) >= 11 is 0. The van der Waals surface area contributed by atoms with Gasteiger partial charge in [0.15, 0.2) is 0 Å². The first-order chi connectivity index (χ1) is 5.11. The average molecular weight is 190 g/mol. The molecule has 5 heteroatoms. The van der Waals surface area contributed by atoms with Crippen LogP contribution in [-0.4, -0.2) is 11.0 Å². The van der Waals surface area contributed by atoms with Crippen molar-refractivity contribution < 1.29 is 61.3 Å². The van der Waals surface area contributed by atoms with Crippen molar-refractivity contribution in [2.75, 3.05) is 5.73 Å². The molecule has 0 atom stereocenters. The van der Waals surface area contributed by atoms with Crippen molar-refractivity contribution in [1.82, 2.24) is 4.98 Å². The minimum atomic E-state index is -1.30. The number of rotatable bonds is 1. The molecule has 0 spiro atoms. The van der Waals surface area contributed by atoms with E-state index in [1.807, 2.05) is 0 Å². The number of carbonyl (C=O) groups is 1. The maximum Gasteiger partial charge on any atom is 1.00 e. The molecule has 1 aromatic heterocycles.